The van der Waals surface area contributed by atoms with Gasteiger partial charge in [0.05, 0.1) is 6.54 Å². The van der Waals surface area contributed by atoms with E-state index in [0.717, 1.165) is 18.4 Å². The van der Waals surface area contributed by atoms with Crippen molar-refractivity contribution in [1.82, 2.24) is 15.0 Å². The van der Waals surface area contributed by atoms with Crippen molar-refractivity contribution in [2.45, 2.75) is 32.7 Å². The average molecular weight is 349 g/mol. The predicted molar refractivity (Wildman–Crippen MR) is 100 cm³/mol. The molecule has 1 aromatic heterocycles. The number of rotatable bonds is 7. The number of hydrogen-bond acceptors (Lipinski definition) is 4. The fourth-order valence-electron chi connectivity index (χ4n) is 2.71. The Morgan fingerprint density at radius 1 is 1.08 bits per heavy atom. The molecule has 3 aromatic rings. The van der Waals surface area contributed by atoms with Crippen LogP contribution in [0.1, 0.15) is 29.9 Å². The number of amides is 1. The summed E-state index contributed by atoms with van der Waals surface area (Å²) in [4.78, 5) is 18.3. The predicted octanol–water partition coefficient (Wildman–Crippen LogP) is 4.03. The summed E-state index contributed by atoms with van der Waals surface area (Å²) >= 11 is 0. The number of hydrogen-bond donors (Lipinski definition) is 0. The van der Waals surface area contributed by atoms with E-state index < -0.39 is 0 Å². The van der Waals surface area contributed by atoms with Crippen molar-refractivity contribution < 1.29 is 9.32 Å². The van der Waals surface area contributed by atoms with Crippen molar-refractivity contribution in [3.8, 4) is 11.4 Å². The van der Waals surface area contributed by atoms with Gasteiger partial charge in [-0.2, -0.15) is 4.98 Å². The minimum absolute atomic E-state index is 0.0796. The molecule has 0 saturated heterocycles. The molecule has 0 atom stereocenters. The van der Waals surface area contributed by atoms with Crippen LogP contribution < -0.4 is 0 Å². The normalized spacial score (nSPS) is 10.7. The van der Waals surface area contributed by atoms with Gasteiger partial charge in [0.2, 0.25) is 17.6 Å². The lowest BCUT2D eigenvalue weighted by atomic mass is 10.1. The second kappa shape index (κ2) is 8.43. The lowest BCUT2D eigenvalue weighted by molar-refractivity contribution is -0.130. The molecule has 0 aliphatic rings. The van der Waals surface area contributed by atoms with Crippen LogP contribution >= 0.6 is 0 Å². The van der Waals surface area contributed by atoms with Gasteiger partial charge in [0, 0.05) is 19.0 Å². The van der Waals surface area contributed by atoms with Gasteiger partial charge < -0.3 is 9.42 Å². The van der Waals surface area contributed by atoms with E-state index in [-0.39, 0.29) is 5.91 Å². The third-order valence-corrected chi connectivity index (χ3v) is 4.27. The summed E-state index contributed by atoms with van der Waals surface area (Å²) in [6, 6.07) is 18.1. The van der Waals surface area contributed by atoms with Crippen molar-refractivity contribution in [2.75, 3.05) is 7.05 Å². The van der Waals surface area contributed by atoms with E-state index in [2.05, 4.69) is 22.3 Å². The van der Waals surface area contributed by atoms with Crippen molar-refractivity contribution in [2.24, 2.45) is 0 Å². The lowest BCUT2D eigenvalue weighted by Gasteiger charge is -2.14. The largest absolute Gasteiger partial charge is 0.337 e. The van der Waals surface area contributed by atoms with Gasteiger partial charge in [0.25, 0.3) is 0 Å². The standard InChI is InChI=1S/C21H23N3O2/c1-16-11-13-18(14-12-16)21-22-19(26-23-21)15-24(2)20(25)10-6-9-17-7-4-3-5-8-17/h3-5,7-8,11-14H,6,9-10,15H2,1-2H3. The van der Waals surface area contributed by atoms with Crippen LogP contribution in [0.2, 0.25) is 0 Å². The summed E-state index contributed by atoms with van der Waals surface area (Å²) in [7, 11) is 1.76. The van der Waals surface area contributed by atoms with E-state index in [1.165, 1.54) is 11.1 Å². The van der Waals surface area contributed by atoms with Crippen LogP contribution in [0.25, 0.3) is 11.4 Å². The van der Waals surface area contributed by atoms with Gasteiger partial charge in [-0.25, -0.2) is 0 Å². The molecule has 0 unspecified atom stereocenters. The van der Waals surface area contributed by atoms with Gasteiger partial charge in [0.1, 0.15) is 0 Å². The third-order valence-electron chi connectivity index (χ3n) is 4.27. The van der Waals surface area contributed by atoms with E-state index in [9.17, 15) is 4.79 Å². The second-order valence-corrected chi connectivity index (χ2v) is 6.47. The topological polar surface area (TPSA) is 59.2 Å². The highest BCUT2D eigenvalue weighted by Gasteiger charge is 2.14. The molecule has 26 heavy (non-hydrogen) atoms. The van der Waals surface area contributed by atoms with E-state index in [4.69, 9.17) is 4.52 Å². The van der Waals surface area contributed by atoms with Gasteiger partial charge >= 0.3 is 0 Å². The molecule has 134 valence electrons. The minimum Gasteiger partial charge on any atom is -0.337 e. The molecule has 0 aliphatic carbocycles. The van der Waals surface area contributed by atoms with Crippen LogP contribution in [0.5, 0.6) is 0 Å². The molecular formula is C21H23N3O2. The quantitative estimate of drug-likeness (QED) is 0.646. The smallest absolute Gasteiger partial charge is 0.246 e. The molecule has 1 amide bonds. The van der Waals surface area contributed by atoms with Crippen LogP contribution in [0.15, 0.2) is 59.1 Å². The Morgan fingerprint density at radius 3 is 2.54 bits per heavy atom. The molecule has 5 heteroatoms. The third kappa shape index (κ3) is 4.79. The van der Waals surface area contributed by atoms with E-state index in [1.54, 1.807) is 11.9 Å². The molecule has 0 N–H and O–H groups in total. The molecule has 3 rings (SSSR count). The highest BCUT2D eigenvalue weighted by molar-refractivity contribution is 5.75. The molecule has 0 radical (unpaired) electrons. The van der Waals surface area contributed by atoms with Crippen molar-refractivity contribution in [3.05, 3.63) is 71.6 Å². The van der Waals surface area contributed by atoms with Crippen molar-refractivity contribution in [3.63, 3.8) is 0 Å². The van der Waals surface area contributed by atoms with Crippen LogP contribution in [0.4, 0.5) is 0 Å². The molecule has 0 saturated carbocycles. The maximum Gasteiger partial charge on any atom is 0.246 e. The zero-order valence-electron chi connectivity index (χ0n) is 15.2. The first-order chi connectivity index (χ1) is 12.6. The van der Waals surface area contributed by atoms with E-state index >= 15 is 0 Å². The molecule has 2 aromatic carbocycles. The number of carbonyl (C=O) groups is 1. The number of benzene rings is 2. The van der Waals surface area contributed by atoms with Gasteiger partial charge in [-0.1, -0.05) is 65.3 Å². The number of carbonyl (C=O) groups excluding carboxylic acids is 1. The maximum absolute atomic E-state index is 12.3. The van der Waals surface area contributed by atoms with Crippen LogP contribution in [0.3, 0.4) is 0 Å². The van der Waals surface area contributed by atoms with Gasteiger partial charge in [-0.05, 0) is 25.3 Å². The monoisotopic (exact) mass is 349 g/mol. The van der Waals surface area contributed by atoms with E-state index in [0.29, 0.717) is 24.7 Å². The Balaban J connectivity index is 1.50. The molecule has 0 aliphatic heterocycles. The Kier molecular flexibility index (Phi) is 5.79. The van der Waals surface area contributed by atoms with Crippen LogP contribution in [-0.4, -0.2) is 28.0 Å². The Morgan fingerprint density at radius 2 is 1.81 bits per heavy atom. The average Bonchev–Trinajstić information content (AvgIpc) is 3.11. The number of nitrogens with zero attached hydrogens (tertiary/aromatic N) is 3. The molecule has 1 heterocycles. The summed E-state index contributed by atoms with van der Waals surface area (Å²) in [6.07, 6.45) is 2.23. The molecule has 0 bridgehead atoms. The Hall–Kier alpha value is -2.95. The summed E-state index contributed by atoms with van der Waals surface area (Å²) in [5, 5.41) is 4.01. The zero-order valence-corrected chi connectivity index (χ0v) is 15.2. The first kappa shape index (κ1) is 17.9. The van der Waals surface area contributed by atoms with E-state index in [1.807, 2.05) is 49.4 Å². The SMILES string of the molecule is Cc1ccc(-c2noc(CN(C)C(=O)CCCc3ccccc3)n2)cc1. The summed E-state index contributed by atoms with van der Waals surface area (Å²) in [5.41, 5.74) is 3.34. The van der Waals surface area contributed by atoms with Crippen LogP contribution in [-0.2, 0) is 17.8 Å². The van der Waals surface area contributed by atoms with Crippen molar-refractivity contribution >= 4 is 5.91 Å². The van der Waals surface area contributed by atoms with Gasteiger partial charge in [0.15, 0.2) is 0 Å². The number of aromatic nitrogens is 2. The lowest BCUT2D eigenvalue weighted by Crippen LogP contribution is -2.26. The van der Waals surface area contributed by atoms with Gasteiger partial charge in [-0.3, -0.25) is 4.79 Å². The fraction of sp³-hybridized carbons (Fsp3) is 0.286. The van der Waals surface area contributed by atoms with Gasteiger partial charge in [-0.15, -0.1) is 0 Å². The molecule has 5 nitrogen and oxygen atoms in total. The first-order valence-corrected chi connectivity index (χ1v) is 8.79. The summed E-state index contributed by atoms with van der Waals surface area (Å²) in [6.45, 7) is 2.35. The Bertz CT molecular complexity index is 841. The molecule has 0 fully saturated rings. The maximum atomic E-state index is 12.3. The summed E-state index contributed by atoms with van der Waals surface area (Å²) < 4.78 is 5.29. The fourth-order valence-corrected chi connectivity index (χ4v) is 2.71. The highest BCUT2D eigenvalue weighted by atomic mass is 16.5. The minimum atomic E-state index is 0.0796. The Labute approximate surface area is 153 Å². The second-order valence-electron chi connectivity index (χ2n) is 6.47. The first-order valence-electron chi connectivity index (χ1n) is 8.79. The number of aryl methyl sites for hydroxylation is 2. The molecular weight excluding hydrogens is 326 g/mol. The van der Waals surface area contributed by atoms with Crippen LogP contribution in [0, 0.1) is 6.92 Å². The zero-order chi connectivity index (χ0) is 18.4. The van der Waals surface area contributed by atoms with Crippen molar-refractivity contribution in [1.29, 1.82) is 0 Å². The highest BCUT2D eigenvalue weighted by Crippen LogP contribution is 2.17. The summed E-state index contributed by atoms with van der Waals surface area (Å²) in [5.74, 6) is 1.07. The molecule has 0 spiro atoms.